The quantitative estimate of drug-likeness (QED) is 0.776. The van der Waals surface area contributed by atoms with Crippen molar-refractivity contribution in [2.45, 2.75) is 33.1 Å². The number of rotatable bonds is 7. The van der Waals surface area contributed by atoms with E-state index in [4.69, 9.17) is 9.47 Å². The molecular weight excluding hydrogens is 368 g/mol. The molecule has 2 aromatic rings. The van der Waals surface area contributed by atoms with E-state index in [9.17, 15) is 9.59 Å². The summed E-state index contributed by atoms with van der Waals surface area (Å²) in [6, 6.07) is 13.3. The van der Waals surface area contributed by atoms with E-state index in [0.717, 1.165) is 12.0 Å². The zero-order valence-electron chi connectivity index (χ0n) is 17.2. The maximum absolute atomic E-state index is 12.9. The molecule has 29 heavy (non-hydrogen) atoms. The van der Waals surface area contributed by atoms with Crippen molar-refractivity contribution < 1.29 is 19.1 Å². The number of nitrogens with zero attached hydrogens (tertiary/aromatic N) is 1. The highest BCUT2D eigenvalue weighted by Gasteiger charge is 2.23. The van der Waals surface area contributed by atoms with Crippen LogP contribution in [0.5, 0.6) is 11.5 Å². The number of carbonyl (C=O) groups is 2. The average Bonchev–Trinajstić information content (AvgIpc) is 2.76. The van der Waals surface area contributed by atoms with Gasteiger partial charge in [0.05, 0.1) is 12.5 Å². The Hall–Kier alpha value is -3.02. The lowest BCUT2D eigenvalue weighted by Crippen LogP contribution is -2.40. The molecule has 2 amide bonds. The van der Waals surface area contributed by atoms with Crippen molar-refractivity contribution in [3.8, 4) is 11.5 Å². The van der Waals surface area contributed by atoms with Crippen molar-refractivity contribution in [1.82, 2.24) is 4.90 Å². The summed E-state index contributed by atoms with van der Waals surface area (Å²) in [5.41, 5.74) is 2.81. The van der Waals surface area contributed by atoms with Crippen molar-refractivity contribution in [3.05, 3.63) is 53.6 Å². The minimum atomic E-state index is -0.303. The first-order valence-electron chi connectivity index (χ1n) is 10.1. The van der Waals surface area contributed by atoms with Crippen LogP contribution < -0.4 is 14.8 Å². The molecule has 3 rings (SSSR count). The highest BCUT2D eigenvalue weighted by atomic mass is 16.6. The molecule has 0 aliphatic carbocycles. The SMILES string of the molecule is CCc1ccc(C(C)C(=O)N(CC)CC(=O)Nc2ccc3c(c2)OCCO3)cc1. The van der Waals surface area contributed by atoms with Crippen molar-refractivity contribution in [3.63, 3.8) is 0 Å². The molecule has 0 radical (unpaired) electrons. The van der Waals surface area contributed by atoms with Gasteiger partial charge in [0.25, 0.3) is 0 Å². The molecule has 0 aromatic heterocycles. The van der Waals surface area contributed by atoms with Crippen LogP contribution in [0.4, 0.5) is 5.69 Å². The number of fused-ring (bicyclic) bond motifs is 1. The minimum Gasteiger partial charge on any atom is -0.486 e. The second-order valence-electron chi connectivity index (χ2n) is 7.08. The van der Waals surface area contributed by atoms with Gasteiger partial charge in [0.2, 0.25) is 11.8 Å². The van der Waals surface area contributed by atoms with Crippen LogP contribution >= 0.6 is 0 Å². The smallest absolute Gasteiger partial charge is 0.243 e. The van der Waals surface area contributed by atoms with Gasteiger partial charge in [0.1, 0.15) is 13.2 Å². The van der Waals surface area contributed by atoms with Gasteiger partial charge in [0.15, 0.2) is 11.5 Å². The first kappa shape index (κ1) is 20.7. The summed E-state index contributed by atoms with van der Waals surface area (Å²) < 4.78 is 11.0. The lowest BCUT2D eigenvalue weighted by Gasteiger charge is -2.24. The van der Waals surface area contributed by atoms with Crippen LogP contribution in [0, 0.1) is 0 Å². The normalized spacial score (nSPS) is 13.5. The van der Waals surface area contributed by atoms with Crippen LogP contribution in [0.2, 0.25) is 0 Å². The summed E-state index contributed by atoms with van der Waals surface area (Å²) in [5, 5.41) is 2.84. The fraction of sp³-hybridized carbons (Fsp3) is 0.391. The molecule has 0 saturated carbocycles. The maximum atomic E-state index is 12.9. The van der Waals surface area contributed by atoms with Gasteiger partial charge in [-0.25, -0.2) is 0 Å². The summed E-state index contributed by atoms with van der Waals surface area (Å²) >= 11 is 0. The Morgan fingerprint density at radius 2 is 1.72 bits per heavy atom. The molecule has 0 saturated heterocycles. The molecular formula is C23H28N2O4. The van der Waals surface area contributed by atoms with Gasteiger partial charge >= 0.3 is 0 Å². The van der Waals surface area contributed by atoms with Crippen LogP contribution in [0.25, 0.3) is 0 Å². The summed E-state index contributed by atoms with van der Waals surface area (Å²) in [6.45, 7) is 7.33. The first-order chi connectivity index (χ1) is 14.0. The van der Waals surface area contributed by atoms with Crippen LogP contribution in [-0.4, -0.2) is 43.0 Å². The number of carbonyl (C=O) groups excluding carboxylic acids is 2. The zero-order chi connectivity index (χ0) is 20.8. The van der Waals surface area contributed by atoms with Gasteiger partial charge in [-0.2, -0.15) is 0 Å². The van der Waals surface area contributed by atoms with Crippen molar-refractivity contribution >= 4 is 17.5 Å². The predicted octanol–water partition coefficient (Wildman–Crippen LogP) is 3.61. The molecule has 6 nitrogen and oxygen atoms in total. The van der Waals surface area contributed by atoms with Crippen LogP contribution in [0.15, 0.2) is 42.5 Å². The average molecular weight is 396 g/mol. The largest absolute Gasteiger partial charge is 0.486 e. The number of benzene rings is 2. The van der Waals surface area contributed by atoms with Gasteiger partial charge in [-0.15, -0.1) is 0 Å². The Morgan fingerprint density at radius 3 is 2.38 bits per heavy atom. The van der Waals surface area contributed by atoms with E-state index in [2.05, 4.69) is 12.2 Å². The fourth-order valence-electron chi connectivity index (χ4n) is 3.30. The van der Waals surface area contributed by atoms with E-state index in [0.29, 0.717) is 36.9 Å². The van der Waals surface area contributed by atoms with Gasteiger partial charge in [-0.05, 0) is 43.5 Å². The third-order valence-electron chi connectivity index (χ3n) is 5.11. The second-order valence-corrected chi connectivity index (χ2v) is 7.08. The lowest BCUT2D eigenvalue weighted by molar-refractivity contribution is -0.135. The standard InChI is InChI=1S/C23H28N2O4/c1-4-17-6-8-18(9-7-17)16(3)23(27)25(5-2)15-22(26)24-19-10-11-20-21(14-19)29-13-12-28-20/h6-11,14,16H,4-5,12-13,15H2,1-3H3,(H,24,26). The van der Waals surface area contributed by atoms with Gasteiger partial charge in [-0.1, -0.05) is 31.2 Å². The molecule has 1 unspecified atom stereocenters. The Morgan fingerprint density at radius 1 is 1.03 bits per heavy atom. The number of hydrogen-bond donors (Lipinski definition) is 1. The molecule has 1 heterocycles. The van der Waals surface area contributed by atoms with Crippen LogP contribution in [0.1, 0.15) is 37.8 Å². The van der Waals surface area contributed by atoms with Crippen molar-refractivity contribution in [2.75, 3.05) is 31.6 Å². The molecule has 1 aliphatic rings. The highest BCUT2D eigenvalue weighted by molar-refractivity contribution is 5.95. The van der Waals surface area contributed by atoms with E-state index >= 15 is 0 Å². The molecule has 2 aromatic carbocycles. The minimum absolute atomic E-state index is 0.00115. The molecule has 0 bridgehead atoms. The number of aryl methyl sites for hydroxylation is 1. The molecule has 1 atom stereocenters. The lowest BCUT2D eigenvalue weighted by atomic mass is 9.98. The number of likely N-dealkylation sites (N-methyl/N-ethyl adjacent to an activating group) is 1. The molecule has 0 spiro atoms. The second kappa shape index (κ2) is 9.45. The molecule has 1 aliphatic heterocycles. The monoisotopic (exact) mass is 396 g/mol. The topological polar surface area (TPSA) is 67.9 Å². The molecule has 1 N–H and O–H groups in total. The predicted molar refractivity (Wildman–Crippen MR) is 113 cm³/mol. The van der Waals surface area contributed by atoms with Gasteiger partial charge in [-0.3, -0.25) is 9.59 Å². The Kier molecular flexibility index (Phi) is 6.75. The first-order valence-corrected chi connectivity index (χ1v) is 10.1. The van der Waals surface area contributed by atoms with Crippen LogP contribution in [-0.2, 0) is 16.0 Å². The van der Waals surface area contributed by atoms with Gasteiger partial charge in [0, 0.05) is 18.3 Å². The number of hydrogen-bond acceptors (Lipinski definition) is 4. The summed E-state index contributed by atoms with van der Waals surface area (Å²) in [5.74, 6) is 0.673. The van der Waals surface area contributed by atoms with E-state index < -0.39 is 0 Å². The molecule has 6 heteroatoms. The van der Waals surface area contributed by atoms with E-state index in [1.165, 1.54) is 5.56 Å². The van der Waals surface area contributed by atoms with Crippen LogP contribution in [0.3, 0.4) is 0 Å². The zero-order valence-corrected chi connectivity index (χ0v) is 17.2. The summed E-state index contributed by atoms with van der Waals surface area (Å²) in [4.78, 5) is 27.0. The van der Waals surface area contributed by atoms with Crippen molar-refractivity contribution in [1.29, 1.82) is 0 Å². The van der Waals surface area contributed by atoms with E-state index in [1.807, 2.05) is 38.1 Å². The summed E-state index contributed by atoms with van der Waals surface area (Å²) in [6.07, 6.45) is 0.962. The number of nitrogens with one attached hydrogen (secondary N) is 1. The summed E-state index contributed by atoms with van der Waals surface area (Å²) in [7, 11) is 0. The van der Waals surface area contributed by atoms with E-state index in [-0.39, 0.29) is 24.3 Å². The van der Waals surface area contributed by atoms with E-state index in [1.54, 1.807) is 23.1 Å². The Balaban J connectivity index is 1.62. The Labute approximate surface area is 171 Å². The fourth-order valence-corrected chi connectivity index (χ4v) is 3.30. The number of anilines is 1. The maximum Gasteiger partial charge on any atom is 0.243 e. The number of amides is 2. The van der Waals surface area contributed by atoms with Gasteiger partial charge < -0.3 is 19.7 Å². The highest BCUT2D eigenvalue weighted by Crippen LogP contribution is 2.32. The number of ether oxygens (including phenoxy) is 2. The molecule has 154 valence electrons. The Bertz CT molecular complexity index is 864. The van der Waals surface area contributed by atoms with Crippen molar-refractivity contribution in [2.24, 2.45) is 0 Å². The third kappa shape index (κ3) is 5.08. The molecule has 0 fully saturated rings. The third-order valence-corrected chi connectivity index (χ3v) is 5.11.